The maximum Gasteiger partial charge on any atom is 0.247 e. The first-order valence-corrected chi connectivity index (χ1v) is 23.8. The molecule has 318 valence electrons. The van der Waals surface area contributed by atoms with Crippen LogP contribution in [0, 0.1) is 12.3 Å². The zero-order chi connectivity index (χ0) is 44.1. The molecule has 3 unspecified atom stereocenters. The van der Waals surface area contributed by atoms with Gasteiger partial charge >= 0.3 is 0 Å². The molecule has 7 aromatic carbocycles. The Labute approximate surface area is 380 Å². The number of anilines is 6. The van der Waals surface area contributed by atoms with E-state index in [4.69, 9.17) is 4.42 Å². The van der Waals surface area contributed by atoms with E-state index in [1.807, 2.05) is 0 Å². The summed E-state index contributed by atoms with van der Waals surface area (Å²) in [5.41, 5.74) is 22.3. The molecule has 3 nitrogen and oxygen atoms in total. The first-order valence-electron chi connectivity index (χ1n) is 23.8. The summed E-state index contributed by atoms with van der Waals surface area (Å²) in [5.74, 6) is 0.251. The minimum Gasteiger partial charge on any atom is -0.456 e. The van der Waals surface area contributed by atoms with Crippen molar-refractivity contribution >= 4 is 79.2 Å². The van der Waals surface area contributed by atoms with Crippen molar-refractivity contribution in [2.45, 2.75) is 110 Å². The largest absolute Gasteiger partial charge is 0.456 e. The van der Waals surface area contributed by atoms with E-state index < -0.39 is 0 Å². The van der Waals surface area contributed by atoms with Crippen molar-refractivity contribution in [2.75, 3.05) is 9.80 Å². The molecule has 64 heavy (non-hydrogen) atoms. The van der Waals surface area contributed by atoms with Gasteiger partial charge in [0.05, 0.1) is 11.1 Å². The second-order valence-corrected chi connectivity index (χ2v) is 22.1. The average molecular weight is 835 g/mol. The van der Waals surface area contributed by atoms with E-state index in [-0.39, 0.29) is 34.3 Å². The fourth-order valence-electron chi connectivity index (χ4n) is 13.0. The summed E-state index contributed by atoms with van der Waals surface area (Å²) in [5, 5.41) is 2.35. The van der Waals surface area contributed by atoms with Gasteiger partial charge in [0, 0.05) is 39.7 Å². The van der Waals surface area contributed by atoms with Crippen molar-refractivity contribution in [3.63, 3.8) is 0 Å². The molecular weight excluding hydrogens is 775 g/mol. The zero-order valence-electron chi connectivity index (χ0n) is 39.1. The molecule has 0 radical (unpaired) electrons. The maximum atomic E-state index is 6.80. The molecule has 2 aliphatic heterocycles. The zero-order valence-corrected chi connectivity index (χ0v) is 39.1. The van der Waals surface area contributed by atoms with Crippen LogP contribution >= 0.6 is 0 Å². The normalized spacial score (nSPS) is 20.9. The standard InChI is InChI=1S/C60H59BN2O/c1-37-32-38(57(2,3)4)26-28-48(37)63-49-36-42(62(40-20-12-10-13-21-40)41-22-14-11-15-23-41)35-44-54-53-45(59(8)30-18-19-31-60(54,59)9)33-39(58(5,6)7)34-47(53)61(55(44)49)46-27-29-51-52(56(46)63)43-24-16-17-25-50(43)64-51/h10-17,20-29,32-36,54H,18-19,30-31H2,1-9H3. The van der Waals surface area contributed by atoms with Gasteiger partial charge in [0.1, 0.15) is 11.2 Å². The van der Waals surface area contributed by atoms with Crippen LogP contribution in [-0.2, 0) is 16.2 Å². The Hall–Kier alpha value is -6.00. The van der Waals surface area contributed by atoms with Gasteiger partial charge < -0.3 is 14.2 Å². The second-order valence-electron chi connectivity index (χ2n) is 22.1. The summed E-state index contributed by atoms with van der Waals surface area (Å²) >= 11 is 0. The van der Waals surface area contributed by atoms with Crippen LogP contribution in [0.2, 0.25) is 0 Å². The number of nitrogens with zero attached hydrogens (tertiary/aromatic N) is 2. The van der Waals surface area contributed by atoms with Crippen LogP contribution in [-0.4, -0.2) is 6.71 Å². The molecule has 4 aliphatic rings. The molecule has 0 spiro atoms. The van der Waals surface area contributed by atoms with Gasteiger partial charge in [-0.1, -0.05) is 159 Å². The highest BCUT2D eigenvalue weighted by atomic mass is 16.3. The first kappa shape index (κ1) is 39.6. The van der Waals surface area contributed by atoms with Crippen molar-refractivity contribution in [3.05, 3.63) is 173 Å². The van der Waals surface area contributed by atoms with E-state index >= 15 is 0 Å². The van der Waals surface area contributed by atoms with Gasteiger partial charge in [-0.3, -0.25) is 0 Å². The topological polar surface area (TPSA) is 19.6 Å². The van der Waals surface area contributed by atoms with Crippen molar-refractivity contribution < 1.29 is 4.42 Å². The lowest BCUT2D eigenvalue weighted by Gasteiger charge is -2.51. The number of benzene rings is 7. The van der Waals surface area contributed by atoms with E-state index in [1.54, 1.807) is 11.1 Å². The number of aryl methyl sites for hydroxylation is 1. The minimum absolute atomic E-state index is 0.00988. The van der Waals surface area contributed by atoms with Gasteiger partial charge in [-0.2, -0.15) is 0 Å². The van der Waals surface area contributed by atoms with Gasteiger partial charge in [-0.25, -0.2) is 0 Å². The predicted octanol–water partition coefficient (Wildman–Crippen LogP) is 14.6. The van der Waals surface area contributed by atoms with Gasteiger partial charge in [-0.15, -0.1) is 0 Å². The van der Waals surface area contributed by atoms with Crippen molar-refractivity contribution in [3.8, 4) is 0 Å². The summed E-state index contributed by atoms with van der Waals surface area (Å²) in [4.78, 5) is 5.17. The highest BCUT2D eigenvalue weighted by molar-refractivity contribution is 6.99. The number of furan rings is 1. The van der Waals surface area contributed by atoms with E-state index in [0.717, 1.165) is 27.9 Å². The minimum atomic E-state index is -0.00988. The monoisotopic (exact) mass is 834 g/mol. The second kappa shape index (κ2) is 13.5. The number of hydrogen-bond acceptors (Lipinski definition) is 3. The smallest absolute Gasteiger partial charge is 0.247 e. The van der Waals surface area contributed by atoms with E-state index in [2.05, 4.69) is 212 Å². The highest BCUT2D eigenvalue weighted by Crippen LogP contribution is 2.68. The Balaban J connectivity index is 1.27. The van der Waals surface area contributed by atoms with Crippen LogP contribution < -0.4 is 26.2 Å². The molecule has 0 bridgehead atoms. The van der Waals surface area contributed by atoms with Crippen LogP contribution in [0.1, 0.15) is 120 Å². The molecule has 8 aromatic rings. The first-order chi connectivity index (χ1) is 30.7. The lowest BCUT2D eigenvalue weighted by Crippen LogP contribution is -2.62. The van der Waals surface area contributed by atoms with Crippen molar-refractivity contribution in [1.29, 1.82) is 0 Å². The van der Waals surface area contributed by atoms with E-state index in [9.17, 15) is 0 Å². The van der Waals surface area contributed by atoms with Crippen LogP contribution in [0.3, 0.4) is 0 Å². The fourth-order valence-corrected chi connectivity index (χ4v) is 13.0. The molecule has 3 atom stereocenters. The Bertz CT molecular complexity index is 3170. The number of hydrogen-bond donors (Lipinski definition) is 0. The molecule has 12 rings (SSSR count). The summed E-state index contributed by atoms with van der Waals surface area (Å²) < 4.78 is 6.80. The van der Waals surface area contributed by atoms with Crippen molar-refractivity contribution in [2.24, 2.45) is 5.41 Å². The molecule has 2 aliphatic carbocycles. The maximum absolute atomic E-state index is 6.80. The molecule has 1 fully saturated rings. The van der Waals surface area contributed by atoms with Crippen LogP contribution in [0.5, 0.6) is 0 Å². The van der Waals surface area contributed by atoms with E-state index in [0.29, 0.717) is 0 Å². The predicted molar refractivity (Wildman–Crippen MR) is 272 cm³/mol. The Morgan fingerprint density at radius 3 is 1.98 bits per heavy atom. The van der Waals surface area contributed by atoms with Crippen LogP contribution in [0.15, 0.2) is 144 Å². The van der Waals surface area contributed by atoms with Crippen LogP contribution in [0.4, 0.5) is 34.1 Å². The third-order valence-electron chi connectivity index (χ3n) is 16.5. The molecule has 3 heterocycles. The summed E-state index contributed by atoms with van der Waals surface area (Å²) in [6.45, 7) is 21.9. The number of rotatable bonds is 4. The van der Waals surface area contributed by atoms with Gasteiger partial charge in [0.15, 0.2) is 0 Å². The summed E-state index contributed by atoms with van der Waals surface area (Å²) in [6.07, 6.45) is 4.98. The van der Waals surface area contributed by atoms with Gasteiger partial charge in [0.2, 0.25) is 6.71 Å². The molecular formula is C60H59BN2O. The molecule has 4 heteroatoms. The number of para-hydroxylation sites is 3. The van der Waals surface area contributed by atoms with Crippen LogP contribution in [0.25, 0.3) is 21.9 Å². The summed E-state index contributed by atoms with van der Waals surface area (Å²) in [7, 11) is 0. The Morgan fingerprint density at radius 1 is 0.625 bits per heavy atom. The SMILES string of the molecule is Cc1cc(C(C)(C)C)ccc1N1c2cc(N(c3ccccc3)c3ccccc3)cc3c2B(c2cc(C(C)(C)C)cc4c2C3C2(C)CCCCC42C)c2ccc3oc4ccccc4c3c21. The van der Waals surface area contributed by atoms with E-state index in [1.165, 1.54) is 92.5 Å². The lowest BCUT2D eigenvalue weighted by molar-refractivity contribution is 0.0926. The average Bonchev–Trinajstić information content (AvgIpc) is 3.76. The fraction of sp³-hybridized carbons (Fsp3) is 0.300. The molecule has 0 amide bonds. The Morgan fingerprint density at radius 2 is 1.30 bits per heavy atom. The third-order valence-corrected chi connectivity index (χ3v) is 16.5. The lowest BCUT2D eigenvalue weighted by atomic mass is 9.30. The molecule has 0 saturated heterocycles. The number of fused-ring (bicyclic) bond motifs is 11. The highest BCUT2D eigenvalue weighted by Gasteiger charge is 2.62. The van der Waals surface area contributed by atoms with Gasteiger partial charge in [0.25, 0.3) is 0 Å². The quantitative estimate of drug-likeness (QED) is 0.165. The van der Waals surface area contributed by atoms with Gasteiger partial charge in [-0.05, 0) is 140 Å². The molecule has 0 N–H and O–H groups in total. The summed E-state index contributed by atoms with van der Waals surface area (Å²) in [6, 6.07) is 53.1. The Kier molecular flexibility index (Phi) is 8.36. The van der Waals surface area contributed by atoms with Crippen molar-refractivity contribution in [1.82, 2.24) is 0 Å². The molecule has 1 saturated carbocycles. The third kappa shape index (κ3) is 5.41. The molecule has 1 aromatic heterocycles.